The van der Waals surface area contributed by atoms with Gasteiger partial charge in [-0.15, -0.1) is 0 Å². The number of hydrogen-bond donors (Lipinski definition) is 1. The number of rotatable bonds is 5. The highest BCUT2D eigenvalue weighted by Crippen LogP contribution is 2.16. The molecule has 0 bridgehead atoms. The highest BCUT2D eigenvalue weighted by molar-refractivity contribution is 9.09. The second kappa shape index (κ2) is 6.76. The molecule has 1 rings (SSSR count). The lowest BCUT2D eigenvalue weighted by atomic mass is 10.3. The average Bonchev–Trinajstić information content (AvgIpc) is 2.26. The number of carbonyl (C=O) groups excluding carboxylic acids is 1. The van der Waals surface area contributed by atoms with Gasteiger partial charge in [0.15, 0.2) is 6.61 Å². The Morgan fingerprint density at radius 3 is 3.00 bits per heavy atom. The van der Waals surface area contributed by atoms with Crippen molar-refractivity contribution in [3.05, 3.63) is 29.3 Å². The van der Waals surface area contributed by atoms with Crippen LogP contribution in [-0.4, -0.2) is 23.9 Å². The van der Waals surface area contributed by atoms with E-state index in [1.165, 1.54) is 0 Å². The lowest BCUT2D eigenvalue weighted by Gasteiger charge is -2.11. The quantitative estimate of drug-likeness (QED) is 0.849. The van der Waals surface area contributed by atoms with E-state index in [1.54, 1.807) is 24.3 Å². The van der Waals surface area contributed by atoms with Gasteiger partial charge in [0.1, 0.15) is 5.75 Å². The topological polar surface area (TPSA) is 38.3 Å². The molecule has 0 saturated carbocycles. The molecule has 3 nitrogen and oxygen atoms in total. The Balaban J connectivity index is 2.37. The first-order chi connectivity index (χ1) is 7.61. The van der Waals surface area contributed by atoms with Crippen LogP contribution in [0.25, 0.3) is 0 Å². The molecule has 1 atom stereocenters. The number of hydrogen-bond acceptors (Lipinski definition) is 2. The molecule has 1 unspecified atom stereocenters. The van der Waals surface area contributed by atoms with Crippen molar-refractivity contribution in [1.29, 1.82) is 0 Å². The van der Waals surface area contributed by atoms with Crippen molar-refractivity contribution in [2.75, 3.05) is 11.9 Å². The monoisotopic (exact) mass is 305 g/mol. The van der Waals surface area contributed by atoms with Crippen molar-refractivity contribution in [3.8, 4) is 5.75 Å². The zero-order valence-corrected chi connectivity index (χ0v) is 11.2. The van der Waals surface area contributed by atoms with Gasteiger partial charge in [0.05, 0.1) is 0 Å². The second-order valence-electron chi connectivity index (χ2n) is 3.37. The van der Waals surface area contributed by atoms with Gasteiger partial charge in [0.25, 0.3) is 5.91 Å². The molecule has 0 saturated heterocycles. The van der Waals surface area contributed by atoms with Gasteiger partial charge in [-0.2, -0.15) is 0 Å². The van der Waals surface area contributed by atoms with E-state index < -0.39 is 0 Å². The van der Waals surface area contributed by atoms with Gasteiger partial charge in [0, 0.05) is 16.4 Å². The maximum Gasteiger partial charge on any atom is 0.258 e. The lowest BCUT2D eigenvalue weighted by molar-refractivity contribution is -0.123. The third kappa shape index (κ3) is 4.86. The molecule has 5 heteroatoms. The zero-order valence-electron chi connectivity index (χ0n) is 8.87. The van der Waals surface area contributed by atoms with Crippen LogP contribution in [0.5, 0.6) is 5.75 Å². The minimum absolute atomic E-state index is 0.00230. The van der Waals surface area contributed by atoms with Crippen LogP contribution < -0.4 is 10.1 Å². The zero-order chi connectivity index (χ0) is 12.0. The summed E-state index contributed by atoms with van der Waals surface area (Å²) in [6.45, 7) is 1.91. The molecular formula is C11H13BrClNO2. The van der Waals surface area contributed by atoms with Crippen molar-refractivity contribution in [2.45, 2.75) is 13.0 Å². The van der Waals surface area contributed by atoms with Gasteiger partial charge in [0.2, 0.25) is 0 Å². The lowest BCUT2D eigenvalue weighted by Crippen LogP contribution is -2.36. The molecule has 1 aromatic carbocycles. The molecule has 0 aromatic heterocycles. The van der Waals surface area contributed by atoms with Crippen molar-refractivity contribution < 1.29 is 9.53 Å². The Morgan fingerprint density at radius 1 is 1.62 bits per heavy atom. The Kier molecular flexibility index (Phi) is 5.63. The Hall–Kier alpha value is -0.740. The summed E-state index contributed by atoms with van der Waals surface area (Å²) >= 11 is 9.06. The maximum atomic E-state index is 11.4. The first-order valence-corrected chi connectivity index (χ1v) is 6.35. The first-order valence-electron chi connectivity index (χ1n) is 4.85. The van der Waals surface area contributed by atoms with Crippen LogP contribution in [0, 0.1) is 0 Å². The molecule has 88 valence electrons. The molecule has 1 N–H and O–H groups in total. The fourth-order valence-electron chi connectivity index (χ4n) is 1.06. The summed E-state index contributed by atoms with van der Waals surface area (Å²) in [5, 5.41) is 4.08. The van der Waals surface area contributed by atoms with Crippen LogP contribution in [-0.2, 0) is 4.79 Å². The van der Waals surface area contributed by atoms with Gasteiger partial charge in [-0.1, -0.05) is 33.6 Å². The van der Waals surface area contributed by atoms with E-state index in [1.807, 2.05) is 6.92 Å². The predicted molar refractivity (Wildman–Crippen MR) is 68.3 cm³/mol. The Morgan fingerprint density at radius 2 is 2.38 bits per heavy atom. The fraction of sp³-hybridized carbons (Fsp3) is 0.364. The summed E-state index contributed by atoms with van der Waals surface area (Å²) in [6.07, 6.45) is 0. The van der Waals surface area contributed by atoms with Crippen molar-refractivity contribution in [2.24, 2.45) is 0 Å². The van der Waals surface area contributed by atoms with Crippen molar-refractivity contribution >= 4 is 33.4 Å². The molecular weight excluding hydrogens is 293 g/mol. The molecule has 0 aliphatic carbocycles. The largest absolute Gasteiger partial charge is 0.484 e. The normalized spacial score (nSPS) is 11.9. The molecule has 1 aromatic rings. The van der Waals surface area contributed by atoms with E-state index in [0.29, 0.717) is 10.8 Å². The van der Waals surface area contributed by atoms with Crippen LogP contribution >= 0.6 is 27.5 Å². The van der Waals surface area contributed by atoms with Gasteiger partial charge in [-0.25, -0.2) is 0 Å². The molecule has 0 aliphatic heterocycles. The van der Waals surface area contributed by atoms with E-state index in [9.17, 15) is 4.79 Å². The number of amides is 1. The molecule has 16 heavy (non-hydrogen) atoms. The number of halogens is 2. The third-order valence-corrected chi connectivity index (χ3v) is 3.01. The summed E-state index contributed by atoms with van der Waals surface area (Å²) in [5.74, 6) is 0.445. The first kappa shape index (κ1) is 13.3. The number of ether oxygens (including phenoxy) is 1. The molecule has 0 spiro atoms. The van der Waals surface area contributed by atoms with Gasteiger partial charge in [-0.05, 0) is 25.1 Å². The van der Waals surface area contributed by atoms with Crippen LogP contribution in [0.4, 0.5) is 0 Å². The highest BCUT2D eigenvalue weighted by Gasteiger charge is 2.06. The molecule has 0 radical (unpaired) electrons. The van der Waals surface area contributed by atoms with Crippen LogP contribution in [0.3, 0.4) is 0 Å². The third-order valence-electron chi connectivity index (χ3n) is 1.80. The summed E-state index contributed by atoms with van der Waals surface area (Å²) in [4.78, 5) is 11.4. The molecule has 0 aliphatic rings. The summed E-state index contributed by atoms with van der Waals surface area (Å²) in [7, 11) is 0. The maximum absolute atomic E-state index is 11.4. The number of alkyl halides is 1. The molecule has 0 fully saturated rings. The Bertz CT molecular complexity index is 360. The molecule has 0 heterocycles. The van der Waals surface area contributed by atoms with Gasteiger partial charge >= 0.3 is 0 Å². The number of carbonyl (C=O) groups is 1. The summed E-state index contributed by atoms with van der Waals surface area (Å²) in [5.41, 5.74) is 0. The second-order valence-corrected chi connectivity index (χ2v) is 4.45. The van der Waals surface area contributed by atoms with Crippen LogP contribution in [0.2, 0.25) is 5.02 Å². The fourth-order valence-corrected chi connectivity index (χ4v) is 1.40. The standard InChI is InChI=1S/C11H13BrClNO2/c1-8(6-12)14-11(15)7-16-10-4-2-3-9(13)5-10/h2-5,8H,6-7H2,1H3,(H,14,15). The van der Waals surface area contributed by atoms with Gasteiger partial charge < -0.3 is 10.1 Å². The summed E-state index contributed by atoms with van der Waals surface area (Å²) in [6, 6.07) is 7.05. The smallest absolute Gasteiger partial charge is 0.258 e. The van der Waals surface area contributed by atoms with Crippen molar-refractivity contribution in [3.63, 3.8) is 0 Å². The Labute approximate surface area is 108 Å². The van der Waals surface area contributed by atoms with E-state index in [0.717, 1.165) is 5.33 Å². The predicted octanol–water partition coefficient (Wildman–Crippen LogP) is 2.62. The highest BCUT2D eigenvalue weighted by atomic mass is 79.9. The van der Waals surface area contributed by atoms with Crippen LogP contribution in [0.1, 0.15) is 6.92 Å². The van der Waals surface area contributed by atoms with E-state index in [4.69, 9.17) is 16.3 Å². The van der Waals surface area contributed by atoms with E-state index >= 15 is 0 Å². The average molecular weight is 307 g/mol. The van der Waals surface area contributed by atoms with E-state index in [2.05, 4.69) is 21.2 Å². The molecule has 1 amide bonds. The van der Waals surface area contributed by atoms with Crippen molar-refractivity contribution in [1.82, 2.24) is 5.32 Å². The minimum atomic E-state index is -0.146. The number of nitrogens with one attached hydrogen (secondary N) is 1. The summed E-state index contributed by atoms with van der Waals surface area (Å²) < 4.78 is 5.28. The minimum Gasteiger partial charge on any atom is -0.484 e. The number of benzene rings is 1. The van der Waals surface area contributed by atoms with Gasteiger partial charge in [-0.3, -0.25) is 4.79 Å². The van der Waals surface area contributed by atoms with E-state index in [-0.39, 0.29) is 18.6 Å². The van der Waals surface area contributed by atoms with Crippen LogP contribution in [0.15, 0.2) is 24.3 Å². The SMILES string of the molecule is CC(CBr)NC(=O)COc1cccc(Cl)c1.